The Bertz CT molecular complexity index is 934. The number of rotatable bonds is 5. The Balaban J connectivity index is 1.46. The molecular weight excluding hydrogens is 370 g/mol. The summed E-state index contributed by atoms with van der Waals surface area (Å²) < 4.78 is 12.3. The van der Waals surface area contributed by atoms with Crippen LogP contribution in [0.5, 0.6) is 5.75 Å². The van der Waals surface area contributed by atoms with Crippen molar-refractivity contribution in [2.45, 2.75) is 18.9 Å². The first-order valence-corrected chi connectivity index (χ1v) is 9.73. The molecule has 0 radical (unpaired) electrons. The Morgan fingerprint density at radius 3 is 2.96 bits per heavy atom. The molecule has 0 bridgehead atoms. The van der Waals surface area contributed by atoms with Gasteiger partial charge in [-0.05, 0) is 31.0 Å². The van der Waals surface area contributed by atoms with E-state index in [1.165, 1.54) is 11.3 Å². The number of carbonyl (C=O) groups is 1. The quantitative estimate of drug-likeness (QED) is 0.640. The number of thiophene rings is 1. The molecule has 1 aliphatic rings. The maximum atomic E-state index is 12.6. The third kappa shape index (κ3) is 3.70. The largest absolute Gasteiger partial charge is 0.491 e. The third-order valence-electron chi connectivity index (χ3n) is 4.29. The molecule has 2 heterocycles. The molecule has 1 fully saturated rings. The second kappa shape index (κ2) is 7.66. The van der Waals surface area contributed by atoms with Gasteiger partial charge >= 0.3 is 0 Å². The maximum Gasteiger partial charge on any atom is 0.267 e. The highest BCUT2D eigenvalue weighted by molar-refractivity contribution is 7.21. The van der Waals surface area contributed by atoms with Gasteiger partial charge in [-0.15, -0.1) is 11.3 Å². The molecule has 0 unspecified atom stereocenters. The van der Waals surface area contributed by atoms with Gasteiger partial charge in [-0.25, -0.2) is 0 Å². The molecule has 0 aliphatic carbocycles. The van der Waals surface area contributed by atoms with Crippen molar-refractivity contribution in [2.75, 3.05) is 18.5 Å². The number of hydrogen-bond acceptors (Lipinski definition) is 4. The summed E-state index contributed by atoms with van der Waals surface area (Å²) in [6.07, 6.45) is 2.27. The van der Waals surface area contributed by atoms with Crippen molar-refractivity contribution >= 4 is 44.6 Å². The molecule has 6 heteroatoms. The lowest BCUT2D eigenvalue weighted by molar-refractivity contribution is 0.0680. The van der Waals surface area contributed by atoms with Gasteiger partial charge < -0.3 is 14.8 Å². The van der Waals surface area contributed by atoms with Crippen molar-refractivity contribution in [2.24, 2.45) is 0 Å². The zero-order valence-corrected chi connectivity index (χ0v) is 15.6. The van der Waals surface area contributed by atoms with Crippen molar-refractivity contribution in [3.63, 3.8) is 0 Å². The van der Waals surface area contributed by atoms with Crippen LogP contribution in [0.15, 0.2) is 48.5 Å². The molecule has 1 atom stereocenters. The van der Waals surface area contributed by atoms with Gasteiger partial charge in [0.2, 0.25) is 0 Å². The molecule has 134 valence electrons. The van der Waals surface area contributed by atoms with Crippen LogP contribution in [0.3, 0.4) is 0 Å². The van der Waals surface area contributed by atoms with Crippen molar-refractivity contribution in [1.29, 1.82) is 0 Å². The molecule has 1 saturated heterocycles. The zero-order valence-electron chi connectivity index (χ0n) is 14.0. The Morgan fingerprint density at radius 2 is 2.15 bits per heavy atom. The summed E-state index contributed by atoms with van der Waals surface area (Å²) in [6, 6.07) is 15.1. The number of nitrogens with one attached hydrogen (secondary N) is 1. The third-order valence-corrected chi connectivity index (χ3v) is 5.97. The predicted molar refractivity (Wildman–Crippen MR) is 106 cm³/mol. The number of carbonyl (C=O) groups excluding carboxylic acids is 1. The SMILES string of the molecule is O=C(Nc1cccc(OC[C@@H]2CCCO2)c1)c1sc2ccccc2c1Cl. The average molecular weight is 388 g/mol. The van der Waals surface area contributed by atoms with E-state index in [1.54, 1.807) is 0 Å². The van der Waals surface area contributed by atoms with Crippen LogP contribution in [0, 0.1) is 0 Å². The van der Waals surface area contributed by atoms with Crippen LogP contribution in [0.25, 0.3) is 10.1 Å². The van der Waals surface area contributed by atoms with E-state index in [1.807, 2.05) is 48.5 Å². The number of anilines is 1. The van der Waals surface area contributed by atoms with Gasteiger partial charge in [-0.1, -0.05) is 35.9 Å². The average Bonchev–Trinajstić information content (AvgIpc) is 3.29. The highest BCUT2D eigenvalue weighted by atomic mass is 35.5. The van der Waals surface area contributed by atoms with E-state index in [9.17, 15) is 4.79 Å². The first-order chi connectivity index (χ1) is 12.7. The monoisotopic (exact) mass is 387 g/mol. The summed E-state index contributed by atoms with van der Waals surface area (Å²) >= 11 is 7.77. The molecule has 0 saturated carbocycles. The summed E-state index contributed by atoms with van der Waals surface area (Å²) in [5.41, 5.74) is 0.674. The Hall–Kier alpha value is -2.08. The molecule has 3 aromatic rings. The maximum absolute atomic E-state index is 12.6. The molecule has 1 N–H and O–H groups in total. The van der Waals surface area contributed by atoms with E-state index in [4.69, 9.17) is 21.1 Å². The molecular formula is C20H18ClNO3S. The van der Waals surface area contributed by atoms with E-state index in [2.05, 4.69) is 5.32 Å². The Kier molecular flexibility index (Phi) is 5.11. The number of halogens is 1. The van der Waals surface area contributed by atoms with E-state index in [-0.39, 0.29) is 12.0 Å². The van der Waals surface area contributed by atoms with Crippen LogP contribution < -0.4 is 10.1 Å². The molecule has 0 spiro atoms. The zero-order chi connectivity index (χ0) is 17.9. The molecule has 1 amide bonds. The van der Waals surface area contributed by atoms with E-state index in [0.29, 0.717) is 27.9 Å². The molecule has 4 rings (SSSR count). The van der Waals surface area contributed by atoms with Crippen LogP contribution >= 0.6 is 22.9 Å². The van der Waals surface area contributed by atoms with E-state index in [0.717, 1.165) is 29.5 Å². The molecule has 2 aromatic carbocycles. The Labute approximate surface area is 160 Å². The van der Waals surface area contributed by atoms with Crippen LogP contribution in [-0.2, 0) is 4.74 Å². The lowest BCUT2D eigenvalue weighted by Gasteiger charge is -2.12. The van der Waals surface area contributed by atoms with Crippen LogP contribution in [0.1, 0.15) is 22.5 Å². The van der Waals surface area contributed by atoms with E-state index >= 15 is 0 Å². The topological polar surface area (TPSA) is 47.6 Å². The van der Waals surface area contributed by atoms with Gasteiger partial charge in [0.25, 0.3) is 5.91 Å². The minimum Gasteiger partial charge on any atom is -0.491 e. The van der Waals surface area contributed by atoms with Gasteiger partial charge in [0.05, 0.1) is 11.1 Å². The fraction of sp³-hybridized carbons (Fsp3) is 0.250. The summed E-state index contributed by atoms with van der Waals surface area (Å²) in [4.78, 5) is 13.1. The van der Waals surface area contributed by atoms with Crippen molar-refractivity contribution < 1.29 is 14.3 Å². The lowest BCUT2D eigenvalue weighted by atomic mass is 10.2. The van der Waals surface area contributed by atoms with Crippen molar-refractivity contribution in [3.8, 4) is 5.75 Å². The van der Waals surface area contributed by atoms with E-state index < -0.39 is 0 Å². The van der Waals surface area contributed by atoms with Gasteiger partial charge in [0, 0.05) is 28.4 Å². The number of benzene rings is 2. The molecule has 26 heavy (non-hydrogen) atoms. The lowest BCUT2D eigenvalue weighted by Crippen LogP contribution is -2.16. The highest BCUT2D eigenvalue weighted by Gasteiger charge is 2.18. The minimum absolute atomic E-state index is 0.158. The normalized spacial score (nSPS) is 16.7. The summed E-state index contributed by atoms with van der Waals surface area (Å²) in [6.45, 7) is 1.33. The van der Waals surface area contributed by atoms with Gasteiger partial charge in [0.1, 0.15) is 17.2 Å². The minimum atomic E-state index is -0.215. The predicted octanol–water partition coefficient (Wildman–Crippen LogP) is 5.36. The number of ether oxygens (including phenoxy) is 2. The smallest absolute Gasteiger partial charge is 0.267 e. The van der Waals surface area contributed by atoms with Crippen LogP contribution in [0.4, 0.5) is 5.69 Å². The van der Waals surface area contributed by atoms with Crippen LogP contribution in [0.2, 0.25) is 5.02 Å². The molecule has 4 nitrogen and oxygen atoms in total. The molecule has 1 aromatic heterocycles. The second-order valence-corrected chi connectivity index (χ2v) is 7.60. The number of hydrogen-bond donors (Lipinski definition) is 1. The van der Waals surface area contributed by atoms with Gasteiger partial charge in [0.15, 0.2) is 0 Å². The fourth-order valence-electron chi connectivity index (χ4n) is 2.98. The Morgan fingerprint density at radius 1 is 1.27 bits per heavy atom. The summed E-state index contributed by atoms with van der Waals surface area (Å²) in [7, 11) is 0. The molecule has 1 aliphatic heterocycles. The van der Waals surface area contributed by atoms with Crippen LogP contribution in [-0.4, -0.2) is 25.2 Å². The first-order valence-electron chi connectivity index (χ1n) is 8.53. The summed E-state index contributed by atoms with van der Waals surface area (Å²) in [5.74, 6) is 0.494. The van der Waals surface area contributed by atoms with Gasteiger partial charge in [-0.2, -0.15) is 0 Å². The first kappa shape index (κ1) is 17.3. The van der Waals surface area contributed by atoms with Crippen molar-refractivity contribution in [1.82, 2.24) is 0 Å². The van der Waals surface area contributed by atoms with Gasteiger partial charge in [-0.3, -0.25) is 4.79 Å². The summed E-state index contributed by atoms with van der Waals surface area (Å²) in [5, 5.41) is 4.30. The standard InChI is InChI=1S/C20H18ClNO3S/c21-18-16-8-1-2-9-17(16)26-19(18)20(23)22-13-5-3-6-14(11-13)25-12-15-7-4-10-24-15/h1-3,5-6,8-9,11,15H,4,7,10,12H2,(H,22,23)/t15-/m0/s1. The highest BCUT2D eigenvalue weighted by Crippen LogP contribution is 2.35. The number of fused-ring (bicyclic) bond motifs is 1. The fourth-order valence-corrected chi connectivity index (χ4v) is 4.39. The van der Waals surface area contributed by atoms with Crippen molar-refractivity contribution in [3.05, 3.63) is 58.4 Å². The second-order valence-electron chi connectivity index (χ2n) is 6.17. The number of amides is 1.